The summed E-state index contributed by atoms with van der Waals surface area (Å²) in [6.07, 6.45) is 2.45. The molecule has 3 N–H and O–H groups in total. The number of likely N-dealkylation sites (N-methyl/N-ethyl adjacent to an activating group) is 1. The number of hydrogen-bond donors (Lipinski definition) is 3. The molecule has 2 amide bonds. The normalized spacial score (nSPS) is 18.2. The van der Waals surface area contributed by atoms with E-state index in [4.69, 9.17) is 5.11 Å². The van der Waals surface area contributed by atoms with Gasteiger partial charge in [-0.2, -0.15) is 0 Å². The first-order valence-corrected chi connectivity index (χ1v) is 6.82. The Morgan fingerprint density at radius 2 is 1.89 bits per heavy atom. The molecule has 1 unspecified atom stereocenters. The molecular weight excluding hydrogens is 246 g/mol. The molecule has 0 spiro atoms. The van der Waals surface area contributed by atoms with Crippen molar-refractivity contribution < 1.29 is 14.7 Å². The van der Waals surface area contributed by atoms with Gasteiger partial charge in [-0.05, 0) is 32.7 Å². The van der Waals surface area contributed by atoms with Gasteiger partial charge < -0.3 is 15.7 Å². The molecule has 19 heavy (non-hydrogen) atoms. The zero-order valence-electron chi connectivity index (χ0n) is 12.1. The molecule has 110 valence electrons. The quantitative estimate of drug-likeness (QED) is 0.642. The number of urea groups is 1. The lowest BCUT2D eigenvalue weighted by atomic mass is 10.1. The third-order valence-electron chi connectivity index (χ3n) is 3.60. The molecule has 1 rings (SSSR count). The molecule has 0 aromatic heterocycles. The standard InChI is InChI=1S/C13H25N3O3/c1-8(2)11(12(17)18)15-13(19)14-7-9(3)16(4)10-5-6-10/h8-11H,5-7H2,1-4H3,(H,17,18)(H2,14,15,19)/t9?,11-/m0/s1. The largest absolute Gasteiger partial charge is 0.480 e. The van der Waals surface area contributed by atoms with Crippen molar-refractivity contribution in [2.75, 3.05) is 13.6 Å². The molecule has 0 heterocycles. The van der Waals surface area contributed by atoms with Gasteiger partial charge in [0, 0.05) is 18.6 Å². The van der Waals surface area contributed by atoms with Gasteiger partial charge in [0.1, 0.15) is 6.04 Å². The molecule has 6 nitrogen and oxygen atoms in total. The van der Waals surface area contributed by atoms with E-state index in [1.165, 1.54) is 12.8 Å². The number of hydrogen-bond acceptors (Lipinski definition) is 3. The van der Waals surface area contributed by atoms with Gasteiger partial charge in [-0.15, -0.1) is 0 Å². The average molecular weight is 271 g/mol. The van der Waals surface area contributed by atoms with Crippen molar-refractivity contribution in [1.82, 2.24) is 15.5 Å². The fraction of sp³-hybridized carbons (Fsp3) is 0.846. The number of carbonyl (C=O) groups excluding carboxylic acids is 1. The summed E-state index contributed by atoms with van der Waals surface area (Å²) >= 11 is 0. The van der Waals surface area contributed by atoms with Gasteiger partial charge >= 0.3 is 12.0 Å². The Morgan fingerprint density at radius 3 is 2.32 bits per heavy atom. The average Bonchev–Trinajstić information content (AvgIpc) is 3.15. The molecule has 0 aliphatic heterocycles. The lowest BCUT2D eigenvalue weighted by Gasteiger charge is -2.25. The predicted molar refractivity (Wildman–Crippen MR) is 73.0 cm³/mol. The maximum atomic E-state index is 11.7. The van der Waals surface area contributed by atoms with Crippen molar-refractivity contribution >= 4 is 12.0 Å². The Bertz CT molecular complexity index is 329. The van der Waals surface area contributed by atoms with E-state index in [0.717, 1.165) is 0 Å². The molecule has 0 aromatic carbocycles. The van der Waals surface area contributed by atoms with E-state index in [2.05, 4.69) is 29.5 Å². The molecule has 6 heteroatoms. The first-order valence-electron chi connectivity index (χ1n) is 6.82. The zero-order valence-corrected chi connectivity index (χ0v) is 12.1. The van der Waals surface area contributed by atoms with Crippen molar-refractivity contribution in [3.8, 4) is 0 Å². The Hall–Kier alpha value is -1.30. The lowest BCUT2D eigenvalue weighted by molar-refractivity contribution is -0.140. The topological polar surface area (TPSA) is 81.7 Å². The van der Waals surface area contributed by atoms with E-state index in [-0.39, 0.29) is 12.0 Å². The van der Waals surface area contributed by atoms with Crippen molar-refractivity contribution in [3.05, 3.63) is 0 Å². The summed E-state index contributed by atoms with van der Waals surface area (Å²) in [5.74, 6) is -1.15. The highest BCUT2D eigenvalue weighted by atomic mass is 16.4. The zero-order chi connectivity index (χ0) is 14.6. The number of nitrogens with zero attached hydrogens (tertiary/aromatic N) is 1. The van der Waals surface area contributed by atoms with Crippen LogP contribution in [0.25, 0.3) is 0 Å². The number of rotatable bonds is 7. The van der Waals surface area contributed by atoms with Crippen LogP contribution in [0.2, 0.25) is 0 Å². The van der Waals surface area contributed by atoms with E-state index in [0.29, 0.717) is 12.6 Å². The van der Waals surface area contributed by atoms with Crippen molar-refractivity contribution in [1.29, 1.82) is 0 Å². The van der Waals surface area contributed by atoms with Crippen molar-refractivity contribution in [2.45, 2.75) is 51.7 Å². The highest BCUT2D eigenvalue weighted by molar-refractivity contribution is 5.82. The van der Waals surface area contributed by atoms with Crippen LogP contribution >= 0.6 is 0 Å². The van der Waals surface area contributed by atoms with Crippen LogP contribution in [-0.4, -0.2) is 53.7 Å². The third-order valence-corrected chi connectivity index (χ3v) is 3.60. The minimum atomic E-state index is -1.01. The highest BCUT2D eigenvalue weighted by Gasteiger charge is 2.29. The van der Waals surface area contributed by atoms with Crippen LogP contribution in [0, 0.1) is 5.92 Å². The summed E-state index contributed by atoms with van der Waals surface area (Å²) in [6, 6.07) is -0.378. The van der Waals surface area contributed by atoms with Crippen LogP contribution < -0.4 is 10.6 Å². The minimum absolute atomic E-state index is 0.144. The first-order chi connectivity index (χ1) is 8.82. The van der Waals surface area contributed by atoms with Crippen LogP contribution in [0.4, 0.5) is 4.79 Å². The van der Waals surface area contributed by atoms with Crippen LogP contribution in [0.5, 0.6) is 0 Å². The van der Waals surface area contributed by atoms with Crippen molar-refractivity contribution in [2.24, 2.45) is 5.92 Å². The maximum Gasteiger partial charge on any atom is 0.326 e. The van der Waals surface area contributed by atoms with E-state index in [1.807, 2.05) is 0 Å². The third kappa shape index (κ3) is 5.06. The lowest BCUT2D eigenvalue weighted by Crippen LogP contribution is -2.51. The minimum Gasteiger partial charge on any atom is -0.480 e. The summed E-state index contributed by atoms with van der Waals surface area (Å²) in [6.45, 7) is 6.10. The molecule has 0 radical (unpaired) electrons. The number of carboxylic acid groups (broad SMARTS) is 1. The van der Waals surface area contributed by atoms with Gasteiger partial charge in [-0.25, -0.2) is 9.59 Å². The SMILES string of the molecule is CC(C)[C@H](NC(=O)NCC(C)N(C)C1CC1)C(=O)O. The van der Waals surface area contributed by atoms with E-state index >= 15 is 0 Å². The summed E-state index contributed by atoms with van der Waals surface area (Å²) in [5.41, 5.74) is 0. The first kappa shape index (κ1) is 15.8. The van der Waals surface area contributed by atoms with Gasteiger partial charge in [0.25, 0.3) is 0 Å². The highest BCUT2D eigenvalue weighted by Crippen LogP contribution is 2.26. The second-order valence-electron chi connectivity index (χ2n) is 5.66. The molecule has 2 atom stereocenters. The maximum absolute atomic E-state index is 11.7. The summed E-state index contributed by atoms with van der Waals surface area (Å²) in [5, 5.41) is 14.2. The number of carbonyl (C=O) groups is 2. The molecule has 0 saturated heterocycles. The fourth-order valence-electron chi connectivity index (χ4n) is 1.93. The molecule has 1 aliphatic carbocycles. The molecule has 1 saturated carbocycles. The van der Waals surface area contributed by atoms with Gasteiger partial charge in [0.05, 0.1) is 0 Å². The van der Waals surface area contributed by atoms with Crippen LogP contribution in [0.1, 0.15) is 33.6 Å². The van der Waals surface area contributed by atoms with E-state index < -0.39 is 18.0 Å². The number of nitrogens with one attached hydrogen (secondary N) is 2. The van der Waals surface area contributed by atoms with E-state index in [9.17, 15) is 9.59 Å². The van der Waals surface area contributed by atoms with Crippen LogP contribution in [0.15, 0.2) is 0 Å². The van der Waals surface area contributed by atoms with Crippen LogP contribution in [-0.2, 0) is 4.79 Å². The molecule has 1 fully saturated rings. The monoisotopic (exact) mass is 271 g/mol. The molecule has 0 aromatic rings. The Morgan fingerprint density at radius 1 is 1.32 bits per heavy atom. The molecule has 0 bridgehead atoms. The smallest absolute Gasteiger partial charge is 0.326 e. The van der Waals surface area contributed by atoms with Gasteiger partial charge in [0.15, 0.2) is 0 Å². The Labute approximate surface area is 114 Å². The van der Waals surface area contributed by atoms with Gasteiger partial charge in [-0.1, -0.05) is 13.8 Å². The second-order valence-corrected chi connectivity index (χ2v) is 5.66. The second kappa shape index (κ2) is 6.75. The van der Waals surface area contributed by atoms with Crippen molar-refractivity contribution in [3.63, 3.8) is 0 Å². The molecule has 1 aliphatic rings. The van der Waals surface area contributed by atoms with Crippen LogP contribution in [0.3, 0.4) is 0 Å². The van der Waals surface area contributed by atoms with Gasteiger partial charge in [0.2, 0.25) is 0 Å². The number of carboxylic acids is 1. The Kier molecular flexibility index (Phi) is 5.60. The summed E-state index contributed by atoms with van der Waals surface area (Å²) in [7, 11) is 2.05. The fourth-order valence-corrected chi connectivity index (χ4v) is 1.93. The number of amides is 2. The predicted octanol–water partition coefficient (Wildman–Crippen LogP) is 0.877. The number of aliphatic carboxylic acids is 1. The summed E-state index contributed by atoms with van der Waals surface area (Å²) < 4.78 is 0. The summed E-state index contributed by atoms with van der Waals surface area (Å²) in [4.78, 5) is 24.9. The van der Waals surface area contributed by atoms with E-state index in [1.54, 1.807) is 13.8 Å². The Balaban J connectivity index is 2.31. The van der Waals surface area contributed by atoms with Gasteiger partial charge in [-0.3, -0.25) is 4.90 Å². The molecular formula is C13H25N3O3.